The summed E-state index contributed by atoms with van der Waals surface area (Å²) in [5, 5.41) is 34.7. The lowest BCUT2D eigenvalue weighted by molar-refractivity contribution is -0.137. The maximum absolute atomic E-state index is 14.5. The Bertz CT molecular complexity index is 2330. The van der Waals surface area contributed by atoms with E-state index in [-0.39, 0.29) is 45.2 Å². The Kier molecular flexibility index (Phi) is 10.5. The number of aromatic hydroxyl groups is 2. The van der Waals surface area contributed by atoms with Crippen molar-refractivity contribution in [3.05, 3.63) is 137 Å². The number of amides is 1. The number of oxime groups is 1. The quantitative estimate of drug-likeness (QED) is 0.0375. The smallest absolute Gasteiger partial charge is 0.416 e. The fourth-order valence-electron chi connectivity index (χ4n) is 5.75. The van der Waals surface area contributed by atoms with Gasteiger partial charge < -0.3 is 31.4 Å². The highest BCUT2D eigenvalue weighted by Crippen LogP contribution is 2.44. The molecule has 6 rings (SSSR count). The number of halogens is 6. The summed E-state index contributed by atoms with van der Waals surface area (Å²) in [6.45, 7) is 3.04. The van der Waals surface area contributed by atoms with Gasteiger partial charge in [-0.3, -0.25) is 4.79 Å². The molecule has 0 radical (unpaired) electrons. The van der Waals surface area contributed by atoms with E-state index in [1.165, 1.54) is 38.1 Å². The number of benzene rings is 5. The SMILES string of the molecule is Cc1noc(C)c1-c1c(C(N)=O)cc(C(F)(F)F)cc1-c1ccc(O)cc1F.NC(=NO)c1cccc(-c2ccc(O)cc2)c1-c1cc(F)cc(F)c1. The van der Waals surface area contributed by atoms with Gasteiger partial charge in [0.1, 0.15) is 34.7 Å². The van der Waals surface area contributed by atoms with Gasteiger partial charge in [-0.15, -0.1) is 0 Å². The van der Waals surface area contributed by atoms with E-state index in [9.17, 15) is 41.4 Å². The Morgan fingerprint density at radius 3 is 1.91 bits per heavy atom. The zero-order valence-electron chi connectivity index (χ0n) is 27.6. The summed E-state index contributed by atoms with van der Waals surface area (Å²) < 4.78 is 87.3. The van der Waals surface area contributed by atoms with Crippen LogP contribution in [0.5, 0.6) is 11.5 Å². The summed E-state index contributed by atoms with van der Waals surface area (Å²) in [6.07, 6.45) is -4.80. The fraction of sp³-hybridized carbons (Fsp3) is 0.0789. The normalized spacial score (nSPS) is 11.6. The van der Waals surface area contributed by atoms with Crippen molar-refractivity contribution in [2.24, 2.45) is 16.6 Å². The lowest BCUT2D eigenvalue weighted by Gasteiger charge is -2.18. The van der Waals surface area contributed by atoms with Crippen molar-refractivity contribution in [1.29, 1.82) is 0 Å². The van der Waals surface area contributed by atoms with Gasteiger partial charge in [-0.25, -0.2) is 13.2 Å². The molecule has 0 spiro atoms. The highest BCUT2D eigenvalue weighted by atomic mass is 19.4. The number of amidine groups is 1. The Hall–Kier alpha value is -6.77. The van der Waals surface area contributed by atoms with Crippen LogP contribution >= 0.6 is 0 Å². The van der Waals surface area contributed by atoms with Gasteiger partial charge in [-0.05, 0) is 84.6 Å². The summed E-state index contributed by atoms with van der Waals surface area (Å²) in [4.78, 5) is 12.0. The average Bonchev–Trinajstić information content (AvgIpc) is 3.43. The number of primary amides is 1. The standard InChI is InChI=1S/C19H14F4N2O3.C19H14F2N2O2/c1-8-16(9(2)28-25-8)17-13(12-4-3-11(26)7-15(12)20)5-10(19(21,22)23)6-14(17)18(24)27;20-13-8-12(9-14(21)10-13)18-16(11-4-6-15(24)7-5-11)2-1-3-17(18)19(22)23-25/h3-7,26H,1-2H3,(H2,24,27);1-10,24-25H,(H2,22,23). The van der Waals surface area contributed by atoms with E-state index in [1.807, 2.05) is 0 Å². The summed E-state index contributed by atoms with van der Waals surface area (Å²) in [7, 11) is 0. The number of aromatic nitrogens is 1. The number of phenolic OH excluding ortho intramolecular Hbond substituents is 2. The molecule has 6 aromatic rings. The van der Waals surface area contributed by atoms with Crippen LogP contribution in [0.1, 0.15) is 32.9 Å². The van der Waals surface area contributed by atoms with Gasteiger partial charge in [0, 0.05) is 45.5 Å². The molecule has 1 heterocycles. The summed E-state index contributed by atoms with van der Waals surface area (Å²) in [5.41, 5.74) is 11.8. The molecular weight excluding hydrogens is 706 g/mol. The highest BCUT2D eigenvalue weighted by Gasteiger charge is 2.35. The number of alkyl halides is 3. The van der Waals surface area contributed by atoms with Gasteiger partial charge >= 0.3 is 6.18 Å². The molecule has 53 heavy (non-hydrogen) atoms. The van der Waals surface area contributed by atoms with Crippen molar-refractivity contribution < 1.29 is 51.1 Å². The first-order valence-corrected chi connectivity index (χ1v) is 15.3. The predicted octanol–water partition coefficient (Wildman–Crippen LogP) is 8.69. The molecule has 0 atom stereocenters. The van der Waals surface area contributed by atoms with Gasteiger partial charge in [0.15, 0.2) is 5.84 Å². The van der Waals surface area contributed by atoms with Crippen LogP contribution in [-0.2, 0) is 6.18 Å². The fourth-order valence-corrected chi connectivity index (χ4v) is 5.75. The molecule has 5 aromatic carbocycles. The molecule has 0 unspecified atom stereocenters. The third kappa shape index (κ3) is 7.93. The van der Waals surface area contributed by atoms with Gasteiger partial charge in [-0.1, -0.05) is 40.6 Å². The minimum Gasteiger partial charge on any atom is -0.508 e. The van der Waals surface area contributed by atoms with Crippen LogP contribution < -0.4 is 11.5 Å². The van der Waals surface area contributed by atoms with Crippen LogP contribution in [0.2, 0.25) is 0 Å². The molecule has 0 bridgehead atoms. The summed E-state index contributed by atoms with van der Waals surface area (Å²) in [5.74, 6) is -3.83. The predicted molar refractivity (Wildman–Crippen MR) is 183 cm³/mol. The van der Waals surface area contributed by atoms with Crippen LogP contribution in [0.4, 0.5) is 26.3 Å². The third-order valence-electron chi connectivity index (χ3n) is 8.04. The number of nitrogens with two attached hydrogens (primary N) is 2. The molecule has 0 aliphatic heterocycles. The van der Waals surface area contributed by atoms with Crippen LogP contribution in [0.15, 0.2) is 101 Å². The van der Waals surface area contributed by atoms with Crippen LogP contribution in [-0.4, -0.2) is 32.3 Å². The molecule has 15 heteroatoms. The molecule has 0 aliphatic rings. The first-order valence-electron chi connectivity index (χ1n) is 15.3. The van der Waals surface area contributed by atoms with Gasteiger partial charge in [0.25, 0.3) is 0 Å². The van der Waals surface area contributed by atoms with Gasteiger partial charge in [0.2, 0.25) is 5.91 Å². The first-order chi connectivity index (χ1) is 25.0. The number of hydrogen-bond donors (Lipinski definition) is 5. The number of carbonyl (C=O) groups is 1. The highest BCUT2D eigenvalue weighted by molar-refractivity contribution is 6.07. The molecule has 7 N–H and O–H groups in total. The second-order valence-electron chi connectivity index (χ2n) is 11.6. The van der Waals surface area contributed by atoms with E-state index >= 15 is 0 Å². The average molecular weight is 735 g/mol. The molecule has 0 aliphatic carbocycles. The number of aryl methyl sites for hydroxylation is 2. The van der Waals surface area contributed by atoms with Crippen molar-refractivity contribution in [2.75, 3.05) is 0 Å². The Morgan fingerprint density at radius 2 is 1.36 bits per heavy atom. The van der Waals surface area contributed by atoms with Crippen molar-refractivity contribution in [2.45, 2.75) is 20.0 Å². The minimum atomic E-state index is -4.80. The Balaban J connectivity index is 0.000000206. The molecule has 9 nitrogen and oxygen atoms in total. The first kappa shape index (κ1) is 37.5. The lowest BCUT2D eigenvalue weighted by Crippen LogP contribution is -2.16. The summed E-state index contributed by atoms with van der Waals surface area (Å²) in [6, 6.07) is 18.8. The van der Waals surface area contributed by atoms with E-state index in [0.717, 1.165) is 30.3 Å². The topological polar surface area (TPSA) is 168 Å². The number of nitrogens with zero attached hydrogens (tertiary/aromatic N) is 2. The van der Waals surface area contributed by atoms with Crippen LogP contribution in [0.25, 0.3) is 44.5 Å². The molecule has 0 fully saturated rings. The number of carbonyl (C=O) groups excluding carboxylic acids is 1. The van der Waals surface area contributed by atoms with Crippen molar-refractivity contribution in [3.8, 4) is 56.0 Å². The second kappa shape index (κ2) is 14.8. The number of hydrogen-bond acceptors (Lipinski definition) is 7. The van der Waals surface area contributed by atoms with Crippen LogP contribution in [0.3, 0.4) is 0 Å². The molecule has 272 valence electrons. The lowest BCUT2D eigenvalue weighted by atomic mass is 9.87. The Labute approximate surface area is 297 Å². The molecule has 1 aromatic heterocycles. The van der Waals surface area contributed by atoms with Crippen molar-refractivity contribution in [3.63, 3.8) is 0 Å². The maximum Gasteiger partial charge on any atom is 0.416 e. The number of phenols is 2. The van der Waals surface area contributed by atoms with E-state index in [4.69, 9.17) is 21.2 Å². The second-order valence-corrected chi connectivity index (χ2v) is 11.6. The number of rotatable bonds is 6. The van der Waals surface area contributed by atoms with Crippen molar-refractivity contribution >= 4 is 11.7 Å². The maximum atomic E-state index is 14.5. The summed E-state index contributed by atoms with van der Waals surface area (Å²) >= 11 is 0. The monoisotopic (exact) mass is 734 g/mol. The van der Waals surface area contributed by atoms with E-state index in [2.05, 4.69) is 10.3 Å². The Morgan fingerprint density at radius 1 is 0.717 bits per heavy atom. The largest absolute Gasteiger partial charge is 0.508 e. The zero-order valence-corrected chi connectivity index (χ0v) is 27.6. The van der Waals surface area contributed by atoms with Gasteiger partial charge in [-0.2, -0.15) is 13.2 Å². The third-order valence-corrected chi connectivity index (χ3v) is 8.04. The van der Waals surface area contributed by atoms with Crippen molar-refractivity contribution in [1.82, 2.24) is 5.16 Å². The van der Waals surface area contributed by atoms with E-state index in [0.29, 0.717) is 34.0 Å². The molecule has 0 saturated heterocycles. The van der Waals surface area contributed by atoms with E-state index < -0.39 is 46.4 Å². The zero-order chi connectivity index (χ0) is 38.8. The van der Waals surface area contributed by atoms with Gasteiger partial charge in [0.05, 0.1) is 11.3 Å². The molecule has 1 amide bonds. The van der Waals surface area contributed by atoms with Crippen LogP contribution in [0, 0.1) is 31.3 Å². The van der Waals surface area contributed by atoms with E-state index in [1.54, 1.807) is 30.3 Å². The molecule has 0 saturated carbocycles. The minimum absolute atomic E-state index is 0.0265. The molecular formula is C38H28F6N4O5.